The molecule has 5 aliphatic heterocycles. The molecule has 16 heteroatoms. The van der Waals surface area contributed by atoms with Gasteiger partial charge >= 0.3 is 29.8 Å². The van der Waals surface area contributed by atoms with Gasteiger partial charge in [0, 0.05) is 120 Å². The summed E-state index contributed by atoms with van der Waals surface area (Å²) in [6.45, 7) is 52.8. The van der Waals surface area contributed by atoms with Gasteiger partial charge in [0.25, 0.3) is 0 Å². The topological polar surface area (TPSA) is 203 Å². The highest BCUT2D eigenvalue weighted by molar-refractivity contribution is 5.89. The van der Waals surface area contributed by atoms with Crippen LogP contribution in [0.25, 0.3) is 0 Å². The predicted octanol–water partition coefficient (Wildman–Crippen LogP) is 13.7. The molecule has 0 bridgehead atoms. The first-order valence-electron chi connectivity index (χ1n) is 34.9. The average Bonchev–Trinajstić information content (AvgIpc) is 0.845. The van der Waals surface area contributed by atoms with E-state index in [-0.39, 0.29) is 67.2 Å². The maximum Gasteiger partial charge on any atom is 0.310 e. The van der Waals surface area contributed by atoms with Gasteiger partial charge < -0.3 is 50.1 Å². The van der Waals surface area contributed by atoms with Gasteiger partial charge in [0.15, 0.2) is 0 Å². The highest BCUT2D eigenvalue weighted by Gasteiger charge is 2.50. The number of esters is 5. The molecule has 520 valence electrons. The van der Waals surface area contributed by atoms with Gasteiger partial charge in [-0.3, -0.25) is 28.9 Å². The Hall–Kier alpha value is -3.83. The number of aromatic hydroxyl groups is 1. The number of ether oxygens (including phenoxy) is 5. The van der Waals surface area contributed by atoms with E-state index in [4.69, 9.17) is 23.7 Å². The summed E-state index contributed by atoms with van der Waals surface area (Å²) >= 11 is 0. The van der Waals surface area contributed by atoms with E-state index in [1.807, 2.05) is 0 Å². The third kappa shape index (κ3) is 21.8. The summed E-state index contributed by atoms with van der Waals surface area (Å²) in [5.74, 6) is -5.90. The van der Waals surface area contributed by atoms with Crippen molar-refractivity contribution in [2.75, 3.05) is 7.05 Å². The van der Waals surface area contributed by atoms with Gasteiger partial charge in [-0.15, -0.1) is 0 Å². The van der Waals surface area contributed by atoms with E-state index in [1.54, 1.807) is 0 Å². The Kier molecular flexibility index (Phi) is 22.9. The molecule has 91 heavy (non-hydrogen) atoms. The Balaban J connectivity index is 1.25. The third-order valence-corrected chi connectivity index (χ3v) is 20.5. The van der Waals surface area contributed by atoms with Gasteiger partial charge in [0.1, 0.15) is 36.3 Å². The zero-order chi connectivity index (χ0) is 68.9. The number of rotatable bonds is 21. The largest absolute Gasteiger partial charge is 0.507 e. The van der Waals surface area contributed by atoms with Crippen molar-refractivity contribution in [3.63, 3.8) is 0 Å². The molecule has 0 radical (unpaired) electrons. The summed E-state index contributed by atoms with van der Waals surface area (Å²) in [5.41, 5.74) is -1.35. The van der Waals surface area contributed by atoms with Crippen molar-refractivity contribution in [1.29, 1.82) is 0 Å². The maximum absolute atomic E-state index is 15.5. The minimum atomic E-state index is -1.43. The molecule has 5 heterocycles. The maximum atomic E-state index is 15.5. The molecule has 1 aromatic rings. The molecule has 5 N–H and O–H groups in total. The summed E-state index contributed by atoms with van der Waals surface area (Å²) in [6, 6.07) is 4.18. The fourth-order valence-corrected chi connectivity index (χ4v) is 17.6. The zero-order valence-corrected chi connectivity index (χ0v) is 62.0. The number of nitrogens with one attached hydrogen (secondary N) is 4. The van der Waals surface area contributed by atoms with Gasteiger partial charge in [-0.25, -0.2) is 0 Å². The van der Waals surface area contributed by atoms with Crippen LogP contribution in [0.3, 0.4) is 0 Å². The number of hydrogen-bond acceptors (Lipinski definition) is 16. The summed E-state index contributed by atoms with van der Waals surface area (Å²) in [5, 5.41) is 26.5. The molecule has 0 aromatic heterocycles. The van der Waals surface area contributed by atoms with E-state index >= 15 is 9.59 Å². The van der Waals surface area contributed by atoms with Crippen molar-refractivity contribution in [2.24, 2.45) is 17.8 Å². The van der Waals surface area contributed by atoms with Crippen LogP contribution >= 0.6 is 0 Å². The molecule has 1 aromatic carbocycles. The molecular weight excluding hydrogens is 1150 g/mol. The van der Waals surface area contributed by atoms with Crippen LogP contribution in [-0.2, 0) is 64.9 Å². The van der Waals surface area contributed by atoms with E-state index in [2.05, 4.69) is 218 Å². The molecule has 5 aliphatic rings. The van der Waals surface area contributed by atoms with Crippen LogP contribution in [-0.4, -0.2) is 133 Å². The molecule has 5 unspecified atom stereocenters. The molecule has 5 atom stereocenters. The molecule has 5 fully saturated rings. The van der Waals surface area contributed by atoms with Crippen LogP contribution in [0.15, 0.2) is 12.1 Å². The lowest BCUT2D eigenvalue weighted by Crippen LogP contribution is -2.61. The standard InChI is InChI=1S/C75H129N5O11/c1-64(2,3)56-33-47(34-57(60(56)83)65(4,5)6)32-48(61(84)89-53-44-73(21,22)80(26)74(23,24)45-53)30-28-27-29-31-75(25)46-52(43-72(19,20)79-75)91-63(86)55(36-59(82)88-50-39-68(11,12)77-69(13,14)40-50)54(62(85)90-51-41-70(15,16)78-71(17,18)42-51)35-58(81)87-49-37-66(7,8)76-67(9,10)38-49/h33-34,48-55,76-79,83H,27-32,35-46H2,1-26H3. The number of piperidine rings is 5. The smallest absolute Gasteiger partial charge is 0.310 e. The monoisotopic (exact) mass is 1280 g/mol. The lowest BCUT2D eigenvalue weighted by Gasteiger charge is -2.53. The summed E-state index contributed by atoms with van der Waals surface area (Å²) in [6.07, 6.45) is 6.59. The molecule has 0 spiro atoms. The van der Waals surface area contributed by atoms with Crippen molar-refractivity contribution >= 4 is 29.8 Å². The molecular formula is C75H129N5O11. The number of carbonyl (C=O) groups excluding carboxylic acids is 5. The van der Waals surface area contributed by atoms with Crippen LogP contribution in [0, 0.1) is 17.8 Å². The van der Waals surface area contributed by atoms with Crippen molar-refractivity contribution in [1.82, 2.24) is 26.2 Å². The Morgan fingerprint density at radius 2 is 0.780 bits per heavy atom. The second-order valence-electron chi connectivity index (χ2n) is 37.5. The molecule has 5 saturated heterocycles. The van der Waals surface area contributed by atoms with Crippen LogP contribution in [0.2, 0.25) is 0 Å². The minimum Gasteiger partial charge on any atom is -0.507 e. The van der Waals surface area contributed by atoms with E-state index in [0.29, 0.717) is 70.0 Å². The number of unbranched alkanes of at least 4 members (excludes halogenated alkanes) is 2. The average molecular weight is 1280 g/mol. The summed E-state index contributed by atoms with van der Waals surface area (Å²) < 4.78 is 32.3. The van der Waals surface area contributed by atoms with E-state index in [9.17, 15) is 19.5 Å². The molecule has 0 amide bonds. The van der Waals surface area contributed by atoms with Gasteiger partial charge in [-0.05, 0) is 185 Å². The lowest BCUT2D eigenvalue weighted by atomic mass is 9.76. The fraction of sp³-hybridized carbons (Fsp3) is 0.853. The second kappa shape index (κ2) is 27.4. The van der Waals surface area contributed by atoms with Gasteiger partial charge in [-0.1, -0.05) is 72.9 Å². The fourth-order valence-electron chi connectivity index (χ4n) is 17.6. The predicted molar refractivity (Wildman–Crippen MR) is 363 cm³/mol. The van der Waals surface area contributed by atoms with Crippen LogP contribution in [0.5, 0.6) is 5.75 Å². The highest BCUT2D eigenvalue weighted by atomic mass is 16.6. The van der Waals surface area contributed by atoms with Crippen molar-refractivity contribution < 1.29 is 52.8 Å². The van der Waals surface area contributed by atoms with Crippen molar-refractivity contribution in [2.45, 2.75) is 385 Å². The molecule has 0 saturated carbocycles. The summed E-state index contributed by atoms with van der Waals surface area (Å²) in [7, 11) is 2.16. The van der Waals surface area contributed by atoms with Gasteiger partial charge in [-0.2, -0.15) is 0 Å². The Labute approximate surface area is 551 Å². The van der Waals surface area contributed by atoms with Crippen molar-refractivity contribution in [3.05, 3.63) is 28.8 Å². The zero-order valence-electron chi connectivity index (χ0n) is 62.0. The molecule has 6 rings (SSSR count). The number of phenols is 1. The Bertz CT molecular complexity index is 2640. The third-order valence-electron chi connectivity index (χ3n) is 20.5. The molecule has 16 nitrogen and oxygen atoms in total. The number of hydrogen-bond donors (Lipinski definition) is 5. The first kappa shape index (κ1) is 76.2. The Morgan fingerprint density at radius 1 is 0.462 bits per heavy atom. The first-order valence-corrected chi connectivity index (χ1v) is 34.9. The first-order chi connectivity index (χ1) is 41.1. The minimum absolute atomic E-state index is 0.161. The second-order valence-corrected chi connectivity index (χ2v) is 37.5. The van der Waals surface area contributed by atoms with Gasteiger partial charge in [0.05, 0.1) is 30.6 Å². The summed E-state index contributed by atoms with van der Waals surface area (Å²) in [4.78, 5) is 76.9. The van der Waals surface area contributed by atoms with E-state index < -0.39 is 90.0 Å². The van der Waals surface area contributed by atoms with Gasteiger partial charge in [0.2, 0.25) is 0 Å². The number of nitrogens with zero attached hydrogens (tertiary/aromatic N) is 1. The van der Waals surface area contributed by atoms with Crippen LogP contribution < -0.4 is 21.3 Å². The SMILES string of the molecule is CN1C(C)(C)CC(OC(=O)C(CCCCCC2(C)CC(OC(=O)C(CC(=O)OC3CC(C)(C)NC(C)(C)C3)C(CC(=O)OC3CC(C)(C)NC(C)(C)C3)C(=O)OC3CC(C)(C)NC(C)(C)C3)CC(C)(C)N2)Cc2cc(C(C)(C)C)c(O)c(C(C)(C)C)c2)CC1(C)C. The quantitative estimate of drug-likeness (QED) is 0.0441. The van der Waals surface area contributed by atoms with Crippen LogP contribution in [0.1, 0.15) is 299 Å². The van der Waals surface area contributed by atoms with E-state index in [0.717, 1.165) is 55.2 Å². The number of likely N-dealkylation sites (tertiary alicyclic amines) is 1. The lowest BCUT2D eigenvalue weighted by molar-refractivity contribution is -0.178. The number of phenolic OH excluding ortho intramolecular Hbond substituents is 1. The van der Waals surface area contributed by atoms with Crippen molar-refractivity contribution in [3.8, 4) is 5.75 Å². The normalized spacial score (nSPS) is 26.7. The Morgan fingerprint density at radius 3 is 1.14 bits per heavy atom. The number of benzene rings is 1. The highest BCUT2D eigenvalue weighted by Crippen LogP contribution is 2.44. The van der Waals surface area contributed by atoms with E-state index in [1.165, 1.54) is 0 Å². The molecule has 0 aliphatic carbocycles. The number of carbonyl (C=O) groups is 5. The van der Waals surface area contributed by atoms with Crippen LogP contribution in [0.4, 0.5) is 0 Å².